The zero-order chi connectivity index (χ0) is 25.9. The zero-order valence-electron chi connectivity index (χ0n) is 19.7. The van der Waals surface area contributed by atoms with E-state index in [-0.39, 0.29) is 23.7 Å². The zero-order valence-corrected chi connectivity index (χ0v) is 20.5. The Morgan fingerprint density at radius 2 is 1.94 bits per heavy atom. The van der Waals surface area contributed by atoms with Gasteiger partial charge in [0.05, 0.1) is 29.7 Å². The fourth-order valence-electron chi connectivity index (χ4n) is 3.71. The van der Waals surface area contributed by atoms with Crippen LogP contribution in [0, 0.1) is 5.82 Å². The Balaban J connectivity index is 1.53. The molecule has 0 atom stereocenters. The Morgan fingerprint density at radius 1 is 1.19 bits per heavy atom. The molecule has 4 rings (SSSR count). The molecule has 8 nitrogen and oxygen atoms in total. The highest BCUT2D eigenvalue weighted by atomic mass is 32.2. The average Bonchev–Trinajstić information content (AvgIpc) is 3.26. The number of hydrogen-bond donors (Lipinski definition) is 4. The first-order valence-corrected chi connectivity index (χ1v) is 12.2. The van der Waals surface area contributed by atoms with E-state index >= 15 is 0 Å². The molecule has 3 aromatic rings. The number of anilines is 2. The second-order valence-corrected chi connectivity index (χ2v) is 10.1. The van der Waals surface area contributed by atoms with E-state index in [9.17, 15) is 22.7 Å². The molecule has 0 aliphatic carbocycles. The molecule has 1 fully saturated rings. The third-order valence-electron chi connectivity index (χ3n) is 5.42. The Hall–Kier alpha value is -2.74. The maximum atomic E-state index is 14.8. The van der Waals surface area contributed by atoms with Crippen molar-refractivity contribution in [2.24, 2.45) is 0 Å². The molecule has 0 radical (unpaired) electrons. The van der Waals surface area contributed by atoms with Crippen LogP contribution >= 0.6 is 11.9 Å². The van der Waals surface area contributed by atoms with E-state index in [1.807, 2.05) is 0 Å². The Kier molecular flexibility index (Phi) is 7.83. The van der Waals surface area contributed by atoms with Gasteiger partial charge in [0.25, 0.3) is 0 Å². The van der Waals surface area contributed by atoms with Crippen LogP contribution < -0.4 is 15.4 Å². The van der Waals surface area contributed by atoms with Crippen LogP contribution in [0.2, 0.25) is 0 Å². The summed E-state index contributed by atoms with van der Waals surface area (Å²) >= 11 is 1.34. The highest BCUT2D eigenvalue weighted by Gasteiger charge is 2.36. The van der Waals surface area contributed by atoms with Crippen LogP contribution in [0.15, 0.2) is 41.7 Å². The topological polar surface area (TPSA) is 99.9 Å². The van der Waals surface area contributed by atoms with Crippen molar-refractivity contribution >= 4 is 23.6 Å². The van der Waals surface area contributed by atoms with Crippen molar-refractivity contribution in [1.29, 1.82) is 0 Å². The molecule has 1 aromatic carbocycles. The van der Waals surface area contributed by atoms with E-state index in [1.54, 1.807) is 19.9 Å². The first kappa shape index (κ1) is 26.3. The third-order valence-corrected chi connectivity index (χ3v) is 6.36. The largest absolute Gasteiger partial charge is 0.419 e. The number of benzene rings is 1. The molecule has 3 heterocycles. The summed E-state index contributed by atoms with van der Waals surface area (Å²) in [7, 11) is 0. The normalized spacial score (nSPS) is 15.3. The van der Waals surface area contributed by atoms with Crippen molar-refractivity contribution in [3.05, 3.63) is 48.2 Å². The van der Waals surface area contributed by atoms with E-state index in [0.29, 0.717) is 17.1 Å². The predicted molar refractivity (Wildman–Crippen MR) is 129 cm³/mol. The summed E-state index contributed by atoms with van der Waals surface area (Å²) < 4.78 is 60.4. The van der Waals surface area contributed by atoms with Gasteiger partial charge in [-0.3, -0.25) is 9.40 Å². The molecular formula is C23H27F4N7OS. The molecule has 1 saturated heterocycles. The van der Waals surface area contributed by atoms with E-state index in [1.165, 1.54) is 41.2 Å². The van der Waals surface area contributed by atoms with Crippen LogP contribution in [0.25, 0.3) is 11.3 Å². The van der Waals surface area contributed by atoms with Crippen molar-refractivity contribution in [3.8, 4) is 11.3 Å². The molecule has 0 amide bonds. The molecule has 0 spiro atoms. The van der Waals surface area contributed by atoms with Gasteiger partial charge >= 0.3 is 6.18 Å². The number of piperidine rings is 1. The molecule has 1 aliphatic heterocycles. The standard InChI is InChI=1S/C23H27F4N7OS/c1-22(2,35)13-34-12-14(10-30-34)20-17(23(25,26)27)11-29-21(32-20)31-19-4-3-16(9-18(19)24)36-33-15-5-7-28-8-6-15/h3-4,9-12,15,28,33,35H,5-8,13H2,1-2H3,(H,29,31,32). The number of nitrogens with one attached hydrogen (secondary N) is 3. The second kappa shape index (κ2) is 10.7. The van der Waals surface area contributed by atoms with E-state index in [0.717, 1.165) is 25.9 Å². The fourth-order valence-corrected chi connectivity index (χ4v) is 4.55. The number of alkyl halides is 3. The minimum absolute atomic E-state index is 0.0321. The lowest BCUT2D eigenvalue weighted by atomic mass is 10.1. The minimum Gasteiger partial charge on any atom is -0.389 e. The van der Waals surface area contributed by atoms with Crippen LogP contribution in [-0.2, 0) is 12.7 Å². The number of hydrogen-bond acceptors (Lipinski definition) is 8. The summed E-state index contributed by atoms with van der Waals surface area (Å²) in [4.78, 5) is 8.45. The van der Waals surface area contributed by atoms with Gasteiger partial charge < -0.3 is 15.7 Å². The molecule has 13 heteroatoms. The smallest absolute Gasteiger partial charge is 0.389 e. The molecule has 2 aromatic heterocycles. The van der Waals surface area contributed by atoms with Crippen LogP contribution in [-0.4, -0.2) is 49.6 Å². The van der Waals surface area contributed by atoms with Crippen molar-refractivity contribution in [3.63, 3.8) is 0 Å². The molecule has 36 heavy (non-hydrogen) atoms. The Labute approximate surface area is 210 Å². The molecule has 194 valence electrons. The highest BCUT2D eigenvalue weighted by Crippen LogP contribution is 2.36. The van der Waals surface area contributed by atoms with Gasteiger partial charge in [0.2, 0.25) is 5.95 Å². The van der Waals surface area contributed by atoms with Gasteiger partial charge in [-0.05, 0) is 69.9 Å². The SMILES string of the molecule is CC(C)(O)Cn1cc(-c2nc(Nc3ccc(SNC4CCNCC4)cc3F)ncc2C(F)(F)F)cn1. The lowest BCUT2D eigenvalue weighted by Gasteiger charge is -2.23. The summed E-state index contributed by atoms with van der Waals surface area (Å²) in [6.45, 7) is 5.07. The maximum Gasteiger partial charge on any atom is 0.419 e. The Bertz CT molecular complexity index is 1190. The minimum atomic E-state index is -4.71. The van der Waals surface area contributed by atoms with Crippen LogP contribution in [0.5, 0.6) is 0 Å². The first-order valence-electron chi connectivity index (χ1n) is 11.4. The molecule has 0 unspecified atom stereocenters. The molecule has 0 saturated carbocycles. The summed E-state index contributed by atoms with van der Waals surface area (Å²) in [5.74, 6) is -0.782. The van der Waals surface area contributed by atoms with Gasteiger partial charge in [-0.1, -0.05) is 0 Å². The van der Waals surface area contributed by atoms with E-state index in [4.69, 9.17) is 0 Å². The van der Waals surface area contributed by atoms with E-state index in [2.05, 4.69) is 30.4 Å². The van der Waals surface area contributed by atoms with Crippen molar-refractivity contribution in [2.45, 2.75) is 55.9 Å². The second-order valence-electron chi connectivity index (χ2n) is 9.20. The van der Waals surface area contributed by atoms with Gasteiger partial charge in [0.15, 0.2) is 0 Å². The van der Waals surface area contributed by atoms with Crippen LogP contribution in [0.4, 0.5) is 29.2 Å². The van der Waals surface area contributed by atoms with Crippen molar-refractivity contribution < 1.29 is 22.7 Å². The summed E-state index contributed by atoms with van der Waals surface area (Å²) in [5, 5.41) is 19.9. The summed E-state index contributed by atoms with van der Waals surface area (Å²) in [6.07, 6.45) is 0.510. The van der Waals surface area contributed by atoms with Gasteiger partial charge in [-0.2, -0.15) is 18.3 Å². The molecule has 1 aliphatic rings. The Morgan fingerprint density at radius 3 is 2.61 bits per heavy atom. The van der Waals surface area contributed by atoms with Crippen molar-refractivity contribution in [2.75, 3.05) is 18.4 Å². The van der Waals surface area contributed by atoms with Gasteiger partial charge in [0, 0.05) is 28.9 Å². The number of aromatic nitrogens is 4. The molecule has 0 bridgehead atoms. The average molecular weight is 526 g/mol. The quantitative estimate of drug-likeness (QED) is 0.254. The lowest BCUT2D eigenvalue weighted by molar-refractivity contribution is -0.137. The van der Waals surface area contributed by atoms with Gasteiger partial charge in [-0.15, -0.1) is 0 Å². The number of nitrogens with zero attached hydrogens (tertiary/aromatic N) is 4. The van der Waals surface area contributed by atoms with E-state index < -0.39 is 28.9 Å². The summed E-state index contributed by atoms with van der Waals surface area (Å²) in [6, 6.07) is 4.87. The number of aliphatic hydroxyl groups is 1. The molecule has 4 N–H and O–H groups in total. The van der Waals surface area contributed by atoms with Crippen molar-refractivity contribution in [1.82, 2.24) is 29.8 Å². The highest BCUT2D eigenvalue weighted by molar-refractivity contribution is 7.97. The summed E-state index contributed by atoms with van der Waals surface area (Å²) in [5.41, 5.74) is -2.44. The van der Waals surface area contributed by atoms with Gasteiger partial charge in [0.1, 0.15) is 11.4 Å². The molecular weight excluding hydrogens is 498 g/mol. The van der Waals surface area contributed by atoms with Crippen LogP contribution in [0.1, 0.15) is 32.3 Å². The van der Waals surface area contributed by atoms with Crippen LogP contribution in [0.3, 0.4) is 0 Å². The lowest BCUT2D eigenvalue weighted by Crippen LogP contribution is -2.37. The third kappa shape index (κ3) is 6.93. The monoisotopic (exact) mass is 525 g/mol. The van der Waals surface area contributed by atoms with Gasteiger partial charge in [-0.25, -0.2) is 14.4 Å². The maximum absolute atomic E-state index is 14.8. The number of halogens is 4. The predicted octanol–water partition coefficient (Wildman–Crippen LogP) is 4.36. The fraction of sp³-hybridized carbons (Fsp3) is 0.435. The first-order chi connectivity index (χ1) is 17.0. The number of rotatable bonds is 8.